The van der Waals surface area contributed by atoms with Gasteiger partial charge in [-0.25, -0.2) is 0 Å². The lowest BCUT2D eigenvalue weighted by Gasteiger charge is -2.26. The number of hydrogen-bond acceptors (Lipinski definition) is 4. The summed E-state index contributed by atoms with van der Waals surface area (Å²) in [6, 6.07) is 73.5. The van der Waals surface area contributed by atoms with Crippen LogP contribution in [0.2, 0.25) is 0 Å². The van der Waals surface area contributed by atoms with E-state index in [1.54, 1.807) is 14.2 Å². The Hall–Kier alpha value is -7.04. The van der Waals surface area contributed by atoms with E-state index in [0.717, 1.165) is 45.6 Å². The predicted molar refractivity (Wildman–Crippen MR) is 231 cm³/mol. The summed E-state index contributed by atoms with van der Waals surface area (Å²) in [7, 11) is 3.37. The van der Waals surface area contributed by atoms with E-state index < -0.39 is 0 Å². The minimum Gasteiger partial charge on any atom is -0.497 e. The number of ether oxygens (including phenoxy) is 2. The maximum absolute atomic E-state index is 5.45. The molecule has 0 bridgehead atoms. The Morgan fingerprint density at radius 2 is 0.600 bits per heavy atom. The van der Waals surface area contributed by atoms with E-state index >= 15 is 0 Å². The Balaban J connectivity index is 0.000000170. The van der Waals surface area contributed by atoms with Crippen molar-refractivity contribution in [2.75, 3.05) is 24.0 Å². The average Bonchev–Trinajstić information content (AvgIpc) is 3.26. The summed E-state index contributed by atoms with van der Waals surface area (Å²) >= 11 is 0. The van der Waals surface area contributed by atoms with Gasteiger partial charge in [0, 0.05) is 46.3 Å². The van der Waals surface area contributed by atoms with Crippen LogP contribution >= 0.6 is 0 Å². The average molecular weight is 717 g/mol. The van der Waals surface area contributed by atoms with Crippen LogP contribution in [0, 0.1) is 6.92 Å². The molecule has 0 atom stereocenters. The molecule has 0 N–H and O–H groups in total. The number of benzene rings is 8. The number of para-hydroxylation sites is 1. The highest BCUT2D eigenvalue weighted by Gasteiger charge is 2.15. The van der Waals surface area contributed by atoms with Gasteiger partial charge in [-0.2, -0.15) is 0 Å². The molecule has 8 aromatic carbocycles. The van der Waals surface area contributed by atoms with E-state index in [1.165, 1.54) is 27.8 Å². The lowest BCUT2D eigenvalue weighted by atomic mass is 10.0. The van der Waals surface area contributed by atoms with E-state index in [1.807, 2.05) is 48.5 Å². The standard InChI is InChI=1S/C26H23NO2.C25H21N/c1-28-25-12-6-10-23(18-25)27(24-11-7-13-26(19-24)29-2)22-16-14-21(15-17-22)20-8-4-3-5-9-20;1-20-12-16-24(17-13-20)26(23-10-6-3-7-11-23)25-18-14-22(15-19-25)21-8-4-2-5-9-21/h3-19H,1-2H3;2-19H,1H3. The first-order valence-corrected chi connectivity index (χ1v) is 18.4. The molecule has 0 radical (unpaired) electrons. The third kappa shape index (κ3) is 8.95. The maximum Gasteiger partial charge on any atom is 0.120 e. The van der Waals surface area contributed by atoms with Crippen molar-refractivity contribution in [2.45, 2.75) is 6.92 Å². The number of rotatable bonds is 10. The molecule has 0 heterocycles. The van der Waals surface area contributed by atoms with Crippen molar-refractivity contribution >= 4 is 34.1 Å². The molecule has 0 saturated carbocycles. The van der Waals surface area contributed by atoms with Gasteiger partial charge in [0.15, 0.2) is 0 Å². The quantitative estimate of drug-likeness (QED) is 0.141. The van der Waals surface area contributed by atoms with Crippen molar-refractivity contribution in [3.63, 3.8) is 0 Å². The van der Waals surface area contributed by atoms with Gasteiger partial charge in [-0.3, -0.25) is 0 Å². The second kappa shape index (κ2) is 17.7. The Kier molecular flexibility index (Phi) is 11.7. The second-order valence-corrected chi connectivity index (χ2v) is 13.1. The Morgan fingerprint density at radius 3 is 1.00 bits per heavy atom. The van der Waals surface area contributed by atoms with Crippen molar-refractivity contribution in [3.05, 3.63) is 218 Å². The SMILES string of the molecule is COc1cccc(N(c2ccc(-c3ccccc3)cc2)c2cccc(OC)c2)c1.Cc1ccc(N(c2ccccc2)c2ccc(-c3ccccc3)cc2)cc1. The predicted octanol–water partition coefficient (Wildman–Crippen LogP) is 14.0. The van der Waals surface area contributed by atoms with E-state index in [-0.39, 0.29) is 0 Å². The molecule has 8 rings (SSSR count). The lowest BCUT2D eigenvalue weighted by molar-refractivity contribution is 0.414. The van der Waals surface area contributed by atoms with Crippen LogP contribution in [0.25, 0.3) is 22.3 Å². The summed E-state index contributed by atoms with van der Waals surface area (Å²) in [6.45, 7) is 2.12. The molecule has 55 heavy (non-hydrogen) atoms. The van der Waals surface area contributed by atoms with E-state index in [0.29, 0.717) is 0 Å². The third-order valence-corrected chi connectivity index (χ3v) is 9.39. The minimum atomic E-state index is 0.816. The van der Waals surface area contributed by atoms with Gasteiger partial charge in [0.2, 0.25) is 0 Å². The lowest BCUT2D eigenvalue weighted by Crippen LogP contribution is -2.10. The Labute approximate surface area is 325 Å². The number of aryl methyl sites for hydroxylation is 1. The molecule has 0 aliphatic heterocycles. The molecule has 4 heteroatoms. The van der Waals surface area contributed by atoms with Crippen LogP contribution in [-0.4, -0.2) is 14.2 Å². The zero-order valence-corrected chi connectivity index (χ0v) is 31.4. The molecule has 0 fully saturated rings. The van der Waals surface area contributed by atoms with Gasteiger partial charge < -0.3 is 19.3 Å². The largest absolute Gasteiger partial charge is 0.497 e. The van der Waals surface area contributed by atoms with E-state index in [4.69, 9.17) is 9.47 Å². The first-order chi connectivity index (χ1) is 27.1. The van der Waals surface area contributed by atoms with E-state index in [2.05, 4.69) is 181 Å². The van der Waals surface area contributed by atoms with Crippen LogP contribution in [0.1, 0.15) is 5.56 Å². The first-order valence-electron chi connectivity index (χ1n) is 18.4. The molecule has 0 aromatic heterocycles. The smallest absolute Gasteiger partial charge is 0.120 e. The van der Waals surface area contributed by atoms with Gasteiger partial charge in [0.1, 0.15) is 11.5 Å². The van der Waals surface area contributed by atoms with Crippen molar-refractivity contribution < 1.29 is 9.47 Å². The summed E-state index contributed by atoms with van der Waals surface area (Å²) < 4.78 is 10.9. The number of nitrogens with zero attached hydrogens (tertiary/aromatic N) is 2. The molecular weight excluding hydrogens is 673 g/mol. The minimum absolute atomic E-state index is 0.816. The summed E-state index contributed by atoms with van der Waals surface area (Å²) in [5.41, 5.74) is 12.7. The van der Waals surface area contributed by atoms with Gasteiger partial charge in [0.25, 0.3) is 0 Å². The van der Waals surface area contributed by atoms with Crippen LogP contribution in [0.5, 0.6) is 11.5 Å². The fourth-order valence-corrected chi connectivity index (χ4v) is 6.53. The number of hydrogen-bond donors (Lipinski definition) is 0. The summed E-state index contributed by atoms with van der Waals surface area (Å²) in [4.78, 5) is 4.48. The molecule has 0 aliphatic rings. The van der Waals surface area contributed by atoms with Crippen molar-refractivity contribution in [1.82, 2.24) is 0 Å². The Bertz CT molecular complexity index is 2330. The summed E-state index contributed by atoms with van der Waals surface area (Å²) in [5, 5.41) is 0. The van der Waals surface area contributed by atoms with Crippen LogP contribution < -0.4 is 19.3 Å². The molecule has 8 aromatic rings. The first kappa shape index (κ1) is 36.3. The molecule has 0 spiro atoms. The van der Waals surface area contributed by atoms with Crippen molar-refractivity contribution in [1.29, 1.82) is 0 Å². The fourth-order valence-electron chi connectivity index (χ4n) is 6.53. The maximum atomic E-state index is 5.45. The zero-order valence-electron chi connectivity index (χ0n) is 31.4. The molecule has 0 saturated heterocycles. The van der Waals surface area contributed by atoms with Gasteiger partial charge in [-0.05, 0) is 102 Å². The molecule has 270 valence electrons. The normalized spacial score (nSPS) is 10.5. The van der Waals surface area contributed by atoms with Gasteiger partial charge >= 0.3 is 0 Å². The van der Waals surface area contributed by atoms with Crippen molar-refractivity contribution in [2.24, 2.45) is 0 Å². The Morgan fingerprint density at radius 1 is 0.291 bits per heavy atom. The van der Waals surface area contributed by atoms with E-state index in [9.17, 15) is 0 Å². The van der Waals surface area contributed by atoms with Crippen LogP contribution in [0.15, 0.2) is 212 Å². The molecule has 0 aliphatic carbocycles. The summed E-state index contributed by atoms with van der Waals surface area (Å²) in [5.74, 6) is 1.63. The van der Waals surface area contributed by atoms with Gasteiger partial charge in [0.05, 0.1) is 14.2 Å². The highest BCUT2D eigenvalue weighted by molar-refractivity contribution is 5.80. The fraction of sp³-hybridized carbons (Fsp3) is 0.0588. The van der Waals surface area contributed by atoms with Gasteiger partial charge in [-0.1, -0.05) is 133 Å². The van der Waals surface area contributed by atoms with Crippen molar-refractivity contribution in [3.8, 4) is 33.8 Å². The third-order valence-electron chi connectivity index (χ3n) is 9.39. The highest BCUT2D eigenvalue weighted by atomic mass is 16.5. The molecular formula is C51H44N2O2. The highest BCUT2D eigenvalue weighted by Crippen LogP contribution is 2.39. The molecule has 0 unspecified atom stereocenters. The molecule has 0 amide bonds. The number of methoxy groups -OCH3 is 2. The van der Waals surface area contributed by atoms with Crippen LogP contribution in [0.3, 0.4) is 0 Å². The second-order valence-electron chi connectivity index (χ2n) is 13.1. The van der Waals surface area contributed by atoms with Crippen LogP contribution in [0.4, 0.5) is 34.1 Å². The summed E-state index contributed by atoms with van der Waals surface area (Å²) in [6.07, 6.45) is 0. The number of anilines is 6. The zero-order chi connectivity index (χ0) is 37.8. The van der Waals surface area contributed by atoms with Crippen LogP contribution in [-0.2, 0) is 0 Å². The van der Waals surface area contributed by atoms with Gasteiger partial charge in [-0.15, -0.1) is 0 Å². The monoisotopic (exact) mass is 716 g/mol. The topological polar surface area (TPSA) is 24.9 Å². The molecule has 4 nitrogen and oxygen atoms in total.